The van der Waals surface area contributed by atoms with E-state index in [4.69, 9.17) is 14.2 Å². The van der Waals surface area contributed by atoms with Crippen molar-refractivity contribution in [1.29, 1.82) is 0 Å². The summed E-state index contributed by atoms with van der Waals surface area (Å²) in [6.45, 7) is 3.98. The van der Waals surface area contributed by atoms with E-state index in [1.54, 1.807) is 99.8 Å². The standard InChI is InChI=1S/C32H39N5O7/c1-20-17-37(21(2)19-38)30(39)27-16-24(34-31(40)33-22-6-11-25(42-4)12-7-22)10-15-28(27)44-29(20)18-36(3)32(41)35-23-8-13-26(43-5)14-9-23/h6-16,20-21,29,38H,17-19H2,1-5H3,(H,35,41)(H2,33,34,40)/t20-,21+,29+/m0/s1. The van der Waals surface area contributed by atoms with Gasteiger partial charge in [-0.15, -0.1) is 0 Å². The minimum atomic E-state index is -0.495. The number of nitrogens with zero attached hydrogens (tertiary/aromatic N) is 2. The lowest BCUT2D eigenvalue weighted by atomic mass is 9.99. The number of urea groups is 2. The lowest BCUT2D eigenvalue weighted by Gasteiger charge is -2.38. The SMILES string of the molecule is COc1ccc(NC(=O)Nc2ccc3c(c2)C(=O)N([C@H](C)CO)C[C@H](C)[C@@H](CN(C)C(=O)Nc2ccc(OC)cc2)O3)cc1. The number of benzene rings is 3. The fourth-order valence-corrected chi connectivity index (χ4v) is 4.73. The van der Waals surface area contributed by atoms with E-state index < -0.39 is 18.2 Å². The molecular weight excluding hydrogens is 566 g/mol. The average Bonchev–Trinajstić information content (AvgIpc) is 3.03. The number of rotatable bonds is 9. The van der Waals surface area contributed by atoms with Crippen molar-refractivity contribution in [3.63, 3.8) is 0 Å². The third-order valence-corrected chi connectivity index (χ3v) is 7.41. The second-order valence-electron chi connectivity index (χ2n) is 10.7. The molecule has 5 amide bonds. The molecule has 1 aliphatic rings. The highest BCUT2D eigenvalue weighted by Gasteiger charge is 2.34. The van der Waals surface area contributed by atoms with Gasteiger partial charge < -0.3 is 45.1 Å². The van der Waals surface area contributed by atoms with Crippen molar-refractivity contribution >= 4 is 35.0 Å². The second kappa shape index (κ2) is 14.5. The van der Waals surface area contributed by atoms with Crippen LogP contribution >= 0.6 is 0 Å². The molecule has 0 bridgehead atoms. The Kier molecular flexibility index (Phi) is 10.5. The first-order chi connectivity index (χ1) is 21.1. The molecule has 0 spiro atoms. The van der Waals surface area contributed by atoms with Gasteiger partial charge in [0.2, 0.25) is 0 Å². The molecule has 44 heavy (non-hydrogen) atoms. The second-order valence-corrected chi connectivity index (χ2v) is 10.7. The molecule has 0 saturated carbocycles. The van der Waals surface area contributed by atoms with E-state index in [9.17, 15) is 19.5 Å². The Balaban J connectivity index is 1.52. The lowest BCUT2D eigenvalue weighted by molar-refractivity contribution is 0.0371. The molecule has 3 atom stereocenters. The third-order valence-electron chi connectivity index (χ3n) is 7.41. The van der Waals surface area contributed by atoms with Crippen LogP contribution in [0.25, 0.3) is 0 Å². The summed E-state index contributed by atoms with van der Waals surface area (Å²) in [7, 11) is 4.80. The molecule has 3 aromatic carbocycles. The minimum absolute atomic E-state index is 0.189. The number of carbonyl (C=O) groups excluding carboxylic acids is 3. The maximum atomic E-state index is 13.7. The van der Waals surface area contributed by atoms with Gasteiger partial charge in [-0.05, 0) is 73.7 Å². The molecule has 1 heterocycles. The molecule has 0 fully saturated rings. The van der Waals surface area contributed by atoms with Crippen LogP contribution in [0.4, 0.5) is 26.7 Å². The van der Waals surface area contributed by atoms with E-state index in [-0.39, 0.29) is 43.1 Å². The molecule has 0 aromatic heterocycles. The molecule has 12 heteroatoms. The van der Waals surface area contributed by atoms with Crippen LogP contribution in [0.15, 0.2) is 66.7 Å². The van der Waals surface area contributed by atoms with Gasteiger partial charge in [0.25, 0.3) is 5.91 Å². The largest absolute Gasteiger partial charge is 0.497 e. The summed E-state index contributed by atoms with van der Waals surface area (Å²) < 4.78 is 16.7. The predicted octanol–water partition coefficient (Wildman–Crippen LogP) is 4.73. The molecular formula is C32H39N5O7. The van der Waals surface area contributed by atoms with E-state index in [0.717, 1.165) is 0 Å². The Morgan fingerprint density at radius 3 is 2.07 bits per heavy atom. The van der Waals surface area contributed by atoms with Crippen LogP contribution < -0.4 is 30.2 Å². The van der Waals surface area contributed by atoms with Crippen molar-refractivity contribution in [1.82, 2.24) is 9.80 Å². The molecule has 4 rings (SSSR count). The molecule has 4 N–H and O–H groups in total. The van der Waals surface area contributed by atoms with E-state index in [1.165, 1.54) is 4.90 Å². The Hall–Kier alpha value is -4.97. The van der Waals surface area contributed by atoms with Crippen molar-refractivity contribution in [3.8, 4) is 17.2 Å². The van der Waals surface area contributed by atoms with Crippen LogP contribution in [0, 0.1) is 5.92 Å². The van der Waals surface area contributed by atoms with Crippen LogP contribution in [0.1, 0.15) is 24.2 Å². The summed E-state index contributed by atoms with van der Waals surface area (Å²) in [6, 6.07) is 17.4. The lowest BCUT2D eigenvalue weighted by Crippen LogP contribution is -2.50. The van der Waals surface area contributed by atoms with E-state index in [1.807, 2.05) is 6.92 Å². The zero-order valence-electron chi connectivity index (χ0n) is 25.5. The molecule has 0 aliphatic carbocycles. The van der Waals surface area contributed by atoms with E-state index >= 15 is 0 Å². The number of methoxy groups -OCH3 is 2. The number of nitrogens with one attached hydrogen (secondary N) is 3. The molecule has 0 saturated heterocycles. The van der Waals surface area contributed by atoms with E-state index in [0.29, 0.717) is 34.3 Å². The number of hydrogen-bond donors (Lipinski definition) is 4. The highest BCUT2D eigenvalue weighted by Crippen LogP contribution is 2.31. The Labute approximate surface area is 256 Å². The van der Waals surface area contributed by atoms with Gasteiger partial charge in [0.05, 0.1) is 39.0 Å². The van der Waals surface area contributed by atoms with Crippen LogP contribution in [-0.4, -0.2) is 86.0 Å². The summed E-state index contributed by atoms with van der Waals surface area (Å²) in [5.41, 5.74) is 1.79. The number of amides is 5. The highest BCUT2D eigenvalue weighted by molar-refractivity contribution is 6.02. The zero-order chi connectivity index (χ0) is 31.8. The fraction of sp³-hybridized carbons (Fsp3) is 0.344. The molecule has 234 valence electrons. The first-order valence-corrected chi connectivity index (χ1v) is 14.2. The molecule has 1 aliphatic heterocycles. The summed E-state index contributed by atoms with van der Waals surface area (Å²) in [5.74, 6) is 1.13. The summed E-state index contributed by atoms with van der Waals surface area (Å²) in [5, 5.41) is 18.3. The highest BCUT2D eigenvalue weighted by atomic mass is 16.5. The van der Waals surface area contributed by atoms with Gasteiger partial charge in [0.15, 0.2) is 0 Å². The number of aliphatic hydroxyl groups is 1. The van der Waals surface area contributed by atoms with Crippen LogP contribution in [0.2, 0.25) is 0 Å². The fourth-order valence-electron chi connectivity index (χ4n) is 4.73. The van der Waals surface area contributed by atoms with Crippen molar-refractivity contribution in [2.24, 2.45) is 5.92 Å². The number of fused-ring (bicyclic) bond motifs is 1. The monoisotopic (exact) mass is 605 g/mol. The topological polar surface area (TPSA) is 142 Å². The number of aliphatic hydroxyl groups excluding tert-OH is 1. The van der Waals surface area contributed by atoms with Crippen molar-refractivity contribution in [3.05, 3.63) is 72.3 Å². The van der Waals surface area contributed by atoms with Crippen LogP contribution in [-0.2, 0) is 0 Å². The number of hydrogen-bond acceptors (Lipinski definition) is 7. The van der Waals surface area contributed by atoms with Crippen LogP contribution in [0.3, 0.4) is 0 Å². The summed E-state index contributed by atoms with van der Waals surface area (Å²) in [6.07, 6.45) is -0.487. The number of anilines is 3. The smallest absolute Gasteiger partial charge is 0.323 e. The Morgan fingerprint density at radius 2 is 1.50 bits per heavy atom. The van der Waals surface area contributed by atoms with Gasteiger partial charge in [-0.25, -0.2) is 9.59 Å². The van der Waals surface area contributed by atoms with Gasteiger partial charge in [-0.3, -0.25) is 4.79 Å². The normalized spacial score (nSPS) is 16.8. The first-order valence-electron chi connectivity index (χ1n) is 14.2. The molecule has 0 radical (unpaired) electrons. The van der Waals surface area contributed by atoms with Gasteiger partial charge in [-0.1, -0.05) is 6.92 Å². The van der Waals surface area contributed by atoms with Crippen molar-refractivity contribution in [2.45, 2.75) is 26.0 Å². The van der Waals surface area contributed by atoms with Gasteiger partial charge >= 0.3 is 12.1 Å². The van der Waals surface area contributed by atoms with Crippen molar-refractivity contribution < 1.29 is 33.7 Å². The first kappa shape index (κ1) is 32.0. The minimum Gasteiger partial charge on any atom is -0.497 e. The van der Waals surface area contributed by atoms with Gasteiger partial charge in [0.1, 0.15) is 23.4 Å². The van der Waals surface area contributed by atoms with Crippen molar-refractivity contribution in [2.75, 3.05) is 56.9 Å². The molecule has 12 nitrogen and oxygen atoms in total. The molecule has 3 aromatic rings. The zero-order valence-corrected chi connectivity index (χ0v) is 25.5. The number of carbonyl (C=O) groups is 3. The Bertz CT molecular complexity index is 1450. The maximum absolute atomic E-state index is 13.7. The summed E-state index contributed by atoms with van der Waals surface area (Å²) in [4.78, 5) is 42.6. The van der Waals surface area contributed by atoms with Gasteiger partial charge in [0, 0.05) is 36.6 Å². The summed E-state index contributed by atoms with van der Waals surface area (Å²) >= 11 is 0. The predicted molar refractivity (Wildman–Crippen MR) is 168 cm³/mol. The van der Waals surface area contributed by atoms with E-state index in [2.05, 4.69) is 16.0 Å². The third kappa shape index (κ3) is 7.90. The number of ether oxygens (including phenoxy) is 3. The Morgan fingerprint density at radius 1 is 0.955 bits per heavy atom. The van der Waals surface area contributed by atoms with Crippen LogP contribution in [0.5, 0.6) is 17.2 Å². The number of likely N-dealkylation sites (N-methyl/N-ethyl adjacent to an activating group) is 1. The maximum Gasteiger partial charge on any atom is 0.323 e. The molecule has 0 unspecified atom stereocenters. The van der Waals surface area contributed by atoms with Gasteiger partial charge in [-0.2, -0.15) is 0 Å². The quantitative estimate of drug-likeness (QED) is 0.276. The average molecular weight is 606 g/mol.